The SMILES string of the molecule is C=CC(=C)c1c(C)cccc1C=C. The van der Waals surface area contributed by atoms with E-state index in [4.69, 9.17) is 0 Å². The Balaban J connectivity index is 3.38. The second kappa shape index (κ2) is 3.90. The van der Waals surface area contributed by atoms with Crippen molar-refractivity contribution < 1.29 is 0 Å². The first-order valence-electron chi connectivity index (χ1n) is 4.24. The van der Waals surface area contributed by atoms with Gasteiger partial charge in [-0.15, -0.1) is 0 Å². The van der Waals surface area contributed by atoms with Crippen LogP contribution < -0.4 is 0 Å². The van der Waals surface area contributed by atoms with Crippen LogP contribution in [0.15, 0.2) is 44.0 Å². The second-order valence-electron chi connectivity index (χ2n) is 2.97. The van der Waals surface area contributed by atoms with Crippen LogP contribution in [0.3, 0.4) is 0 Å². The number of hydrogen-bond acceptors (Lipinski definition) is 0. The number of allylic oxidation sites excluding steroid dienone is 2. The van der Waals surface area contributed by atoms with E-state index in [-0.39, 0.29) is 0 Å². The number of benzene rings is 1. The Hall–Kier alpha value is -1.56. The van der Waals surface area contributed by atoms with Gasteiger partial charge in [-0.05, 0) is 29.2 Å². The highest BCUT2D eigenvalue weighted by Crippen LogP contribution is 2.23. The maximum Gasteiger partial charge on any atom is -0.00885 e. The summed E-state index contributed by atoms with van der Waals surface area (Å²) in [7, 11) is 0. The highest BCUT2D eigenvalue weighted by Gasteiger charge is 2.03. The molecule has 0 aromatic heterocycles. The van der Waals surface area contributed by atoms with E-state index in [1.54, 1.807) is 6.08 Å². The molecule has 0 unspecified atom stereocenters. The molecule has 66 valence electrons. The third kappa shape index (κ3) is 1.78. The molecule has 0 heterocycles. The van der Waals surface area contributed by atoms with E-state index < -0.39 is 0 Å². The normalized spacial score (nSPS) is 9.31. The average Bonchev–Trinajstić information content (AvgIpc) is 2.16. The average molecular weight is 170 g/mol. The Bertz CT molecular complexity index is 356. The van der Waals surface area contributed by atoms with Crippen LogP contribution in [0.4, 0.5) is 0 Å². The van der Waals surface area contributed by atoms with E-state index in [1.165, 1.54) is 5.56 Å². The Labute approximate surface area is 79.9 Å². The van der Waals surface area contributed by atoms with Gasteiger partial charge in [0, 0.05) is 0 Å². The molecule has 0 heteroatoms. The van der Waals surface area contributed by atoms with Crippen LogP contribution in [-0.2, 0) is 0 Å². The Morgan fingerprint density at radius 3 is 2.54 bits per heavy atom. The Kier molecular flexibility index (Phi) is 2.86. The topological polar surface area (TPSA) is 0 Å². The summed E-state index contributed by atoms with van der Waals surface area (Å²) in [6.07, 6.45) is 3.62. The lowest BCUT2D eigenvalue weighted by Gasteiger charge is -2.09. The maximum absolute atomic E-state index is 3.95. The van der Waals surface area contributed by atoms with Crippen LogP contribution in [0.5, 0.6) is 0 Å². The third-order valence-corrected chi connectivity index (χ3v) is 2.09. The lowest BCUT2D eigenvalue weighted by molar-refractivity contribution is 1.41. The van der Waals surface area contributed by atoms with Gasteiger partial charge in [-0.2, -0.15) is 0 Å². The molecule has 0 amide bonds. The van der Waals surface area contributed by atoms with Gasteiger partial charge in [0.05, 0.1) is 0 Å². The second-order valence-corrected chi connectivity index (χ2v) is 2.97. The van der Waals surface area contributed by atoms with E-state index in [0.29, 0.717) is 0 Å². The van der Waals surface area contributed by atoms with Gasteiger partial charge in [-0.3, -0.25) is 0 Å². The predicted molar refractivity (Wildman–Crippen MR) is 60.5 cm³/mol. The summed E-state index contributed by atoms with van der Waals surface area (Å²) in [5.74, 6) is 0. The van der Waals surface area contributed by atoms with Crippen molar-refractivity contribution in [2.45, 2.75) is 6.92 Å². The van der Waals surface area contributed by atoms with E-state index in [9.17, 15) is 0 Å². The van der Waals surface area contributed by atoms with Crippen molar-refractivity contribution in [3.05, 3.63) is 60.7 Å². The van der Waals surface area contributed by atoms with Crippen molar-refractivity contribution in [2.75, 3.05) is 0 Å². The van der Waals surface area contributed by atoms with Crippen molar-refractivity contribution in [3.8, 4) is 0 Å². The lowest BCUT2D eigenvalue weighted by Crippen LogP contribution is -1.89. The molecule has 0 saturated heterocycles. The number of hydrogen-bond donors (Lipinski definition) is 0. The van der Waals surface area contributed by atoms with Crippen LogP contribution in [0.2, 0.25) is 0 Å². The quantitative estimate of drug-likeness (QED) is 0.605. The van der Waals surface area contributed by atoms with E-state index >= 15 is 0 Å². The zero-order chi connectivity index (χ0) is 9.84. The third-order valence-electron chi connectivity index (χ3n) is 2.09. The molecule has 0 atom stereocenters. The highest BCUT2D eigenvalue weighted by atomic mass is 14.1. The Morgan fingerprint density at radius 1 is 1.31 bits per heavy atom. The van der Waals surface area contributed by atoms with Crippen molar-refractivity contribution >= 4 is 11.6 Å². The zero-order valence-corrected chi connectivity index (χ0v) is 8.01. The molecule has 0 aliphatic rings. The molecule has 0 N–H and O–H groups in total. The van der Waals surface area contributed by atoms with Crippen LogP contribution >= 0.6 is 0 Å². The summed E-state index contributed by atoms with van der Waals surface area (Å²) in [6.45, 7) is 13.5. The van der Waals surface area contributed by atoms with E-state index in [2.05, 4.69) is 32.7 Å². The lowest BCUT2D eigenvalue weighted by atomic mass is 9.96. The summed E-state index contributed by atoms with van der Waals surface area (Å²) >= 11 is 0. The minimum Gasteiger partial charge on any atom is -0.0985 e. The molecule has 0 spiro atoms. The van der Waals surface area contributed by atoms with Crippen LogP contribution in [0, 0.1) is 6.92 Å². The first kappa shape index (κ1) is 9.53. The fourth-order valence-electron chi connectivity index (χ4n) is 1.40. The molecule has 0 bridgehead atoms. The summed E-state index contributed by atoms with van der Waals surface area (Å²) in [5, 5.41) is 0. The van der Waals surface area contributed by atoms with Crippen LogP contribution in [0.25, 0.3) is 11.6 Å². The molecular formula is C13H14. The smallest absolute Gasteiger partial charge is 0.00885 e. The van der Waals surface area contributed by atoms with Gasteiger partial charge >= 0.3 is 0 Å². The van der Waals surface area contributed by atoms with Gasteiger partial charge < -0.3 is 0 Å². The van der Waals surface area contributed by atoms with Crippen LogP contribution in [0.1, 0.15) is 16.7 Å². The molecule has 1 rings (SSSR count). The zero-order valence-electron chi connectivity index (χ0n) is 8.01. The van der Waals surface area contributed by atoms with Gasteiger partial charge in [0.2, 0.25) is 0 Å². The molecule has 0 fully saturated rings. The molecular weight excluding hydrogens is 156 g/mol. The van der Waals surface area contributed by atoms with Crippen LogP contribution in [-0.4, -0.2) is 0 Å². The minimum atomic E-state index is 0.952. The summed E-state index contributed by atoms with van der Waals surface area (Å²) in [4.78, 5) is 0. The van der Waals surface area contributed by atoms with E-state index in [0.717, 1.165) is 16.7 Å². The van der Waals surface area contributed by atoms with Crippen molar-refractivity contribution in [1.82, 2.24) is 0 Å². The molecule has 1 aromatic carbocycles. The largest absolute Gasteiger partial charge is 0.0985 e. The first-order chi connectivity index (χ1) is 6.20. The number of rotatable bonds is 3. The number of aryl methyl sites for hydroxylation is 1. The monoisotopic (exact) mass is 170 g/mol. The molecule has 0 radical (unpaired) electrons. The molecule has 0 aliphatic heterocycles. The fourth-order valence-corrected chi connectivity index (χ4v) is 1.40. The van der Waals surface area contributed by atoms with Gasteiger partial charge in [0.15, 0.2) is 0 Å². The molecule has 0 aliphatic carbocycles. The Morgan fingerprint density at radius 2 is 2.00 bits per heavy atom. The summed E-state index contributed by atoms with van der Waals surface area (Å²) < 4.78 is 0. The van der Waals surface area contributed by atoms with Gasteiger partial charge in [0.25, 0.3) is 0 Å². The molecule has 0 saturated carbocycles. The van der Waals surface area contributed by atoms with Gasteiger partial charge in [-0.1, -0.05) is 50.1 Å². The van der Waals surface area contributed by atoms with Gasteiger partial charge in [0.1, 0.15) is 0 Å². The molecule has 13 heavy (non-hydrogen) atoms. The van der Waals surface area contributed by atoms with E-state index in [1.807, 2.05) is 18.2 Å². The van der Waals surface area contributed by atoms with Crippen molar-refractivity contribution in [3.63, 3.8) is 0 Å². The maximum atomic E-state index is 3.95. The standard InChI is InChI=1S/C13H14/c1-5-10(3)13-11(4)8-7-9-12(13)6-2/h5-9H,1-3H2,4H3. The van der Waals surface area contributed by atoms with Gasteiger partial charge in [-0.25, -0.2) is 0 Å². The predicted octanol–water partition coefficient (Wildman–Crippen LogP) is 3.84. The molecule has 0 nitrogen and oxygen atoms in total. The minimum absolute atomic E-state index is 0.952. The fraction of sp³-hybridized carbons (Fsp3) is 0.0769. The first-order valence-corrected chi connectivity index (χ1v) is 4.24. The summed E-state index contributed by atoms with van der Waals surface area (Å²) in [5.41, 5.74) is 4.42. The summed E-state index contributed by atoms with van der Waals surface area (Å²) in [6, 6.07) is 6.12. The van der Waals surface area contributed by atoms with Crippen molar-refractivity contribution in [1.29, 1.82) is 0 Å². The van der Waals surface area contributed by atoms with Crippen molar-refractivity contribution in [2.24, 2.45) is 0 Å². The molecule has 1 aromatic rings. The highest BCUT2D eigenvalue weighted by molar-refractivity contribution is 5.79.